The SMILES string of the molecule is CCCOc1ccc(C(=O)N2CCN(c3ccc([N+](=O)[O-])c(C(=O)N4CCN(Cc5ccc(F)cc5)CC4)c3)CC2)cc1. The van der Waals surface area contributed by atoms with Gasteiger partial charge in [0.25, 0.3) is 17.5 Å². The molecule has 0 aliphatic carbocycles. The van der Waals surface area contributed by atoms with E-state index in [9.17, 15) is 24.1 Å². The molecule has 2 aliphatic rings. The molecule has 2 heterocycles. The third kappa shape index (κ3) is 7.29. The summed E-state index contributed by atoms with van der Waals surface area (Å²) < 4.78 is 18.8. The summed E-state index contributed by atoms with van der Waals surface area (Å²) in [5.74, 6) is 0.0335. The quantitative estimate of drug-likeness (QED) is 0.269. The van der Waals surface area contributed by atoms with Gasteiger partial charge in [0, 0.05) is 76.2 Å². The van der Waals surface area contributed by atoms with Gasteiger partial charge in [-0.1, -0.05) is 19.1 Å². The van der Waals surface area contributed by atoms with E-state index in [1.54, 1.807) is 58.3 Å². The van der Waals surface area contributed by atoms with Crippen LogP contribution >= 0.6 is 0 Å². The van der Waals surface area contributed by atoms with Gasteiger partial charge in [0.05, 0.1) is 11.5 Å². The van der Waals surface area contributed by atoms with Crippen molar-refractivity contribution in [2.45, 2.75) is 19.9 Å². The van der Waals surface area contributed by atoms with Crippen molar-refractivity contribution in [2.75, 3.05) is 63.9 Å². The molecule has 0 radical (unpaired) electrons. The maximum atomic E-state index is 13.5. The number of anilines is 1. The van der Waals surface area contributed by atoms with E-state index in [2.05, 4.69) is 4.90 Å². The van der Waals surface area contributed by atoms with Crippen LogP contribution in [0.4, 0.5) is 15.8 Å². The minimum absolute atomic E-state index is 0.0557. The van der Waals surface area contributed by atoms with Crippen molar-refractivity contribution in [3.8, 4) is 5.75 Å². The highest BCUT2D eigenvalue weighted by Crippen LogP contribution is 2.28. The normalized spacial score (nSPS) is 15.8. The second-order valence-corrected chi connectivity index (χ2v) is 10.8. The summed E-state index contributed by atoms with van der Waals surface area (Å²) in [6, 6.07) is 18.2. The second kappa shape index (κ2) is 13.6. The predicted octanol–water partition coefficient (Wildman–Crippen LogP) is 4.44. The molecule has 5 rings (SSSR count). The van der Waals surface area contributed by atoms with E-state index in [1.807, 2.05) is 11.8 Å². The smallest absolute Gasteiger partial charge is 0.282 e. The zero-order valence-electron chi connectivity index (χ0n) is 24.3. The van der Waals surface area contributed by atoms with Crippen LogP contribution in [0.15, 0.2) is 66.7 Å². The number of nitro benzene ring substituents is 1. The van der Waals surface area contributed by atoms with Gasteiger partial charge in [-0.25, -0.2) is 4.39 Å². The largest absolute Gasteiger partial charge is 0.494 e. The van der Waals surface area contributed by atoms with Crippen molar-refractivity contribution in [1.82, 2.24) is 14.7 Å². The summed E-state index contributed by atoms with van der Waals surface area (Å²) in [5.41, 5.74) is 2.15. The lowest BCUT2D eigenvalue weighted by atomic mass is 10.1. The lowest BCUT2D eigenvalue weighted by Crippen LogP contribution is -2.49. The Morgan fingerprint density at radius 1 is 0.837 bits per heavy atom. The molecular weight excluding hydrogens is 553 g/mol. The Balaban J connectivity index is 1.20. The van der Waals surface area contributed by atoms with E-state index in [1.165, 1.54) is 18.2 Å². The van der Waals surface area contributed by atoms with Gasteiger partial charge in [-0.2, -0.15) is 0 Å². The molecule has 10 nitrogen and oxygen atoms in total. The van der Waals surface area contributed by atoms with Gasteiger partial charge in [0.2, 0.25) is 0 Å². The van der Waals surface area contributed by atoms with Gasteiger partial charge < -0.3 is 19.4 Å². The fourth-order valence-electron chi connectivity index (χ4n) is 5.44. The average molecular weight is 590 g/mol. The number of carbonyl (C=O) groups excluding carboxylic acids is 2. The first-order chi connectivity index (χ1) is 20.8. The summed E-state index contributed by atoms with van der Waals surface area (Å²) >= 11 is 0. The number of nitrogens with zero attached hydrogens (tertiary/aromatic N) is 5. The molecule has 3 aromatic rings. The lowest BCUT2D eigenvalue weighted by molar-refractivity contribution is -0.385. The van der Waals surface area contributed by atoms with E-state index in [-0.39, 0.29) is 28.9 Å². The number of ether oxygens (including phenoxy) is 1. The topological polar surface area (TPSA) is 99.5 Å². The number of benzene rings is 3. The monoisotopic (exact) mass is 589 g/mol. The van der Waals surface area contributed by atoms with E-state index < -0.39 is 4.92 Å². The van der Waals surface area contributed by atoms with Crippen LogP contribution in [-0.4, -0.2) is 90.4 Å². The molecule has 2 amide bonds. The van der Waals surface area contributed by atoms with Crippen molar-refractivity contribution in [1.29, 1.82) is 0 Å². The highest BCUT2D eigenvalue weighted by Gasteiger charge is 2.30. The van der Waals surface area contributed by atoms with Crippen LogP contribution in [0.3, 0.4) is 0 Å². The number of hydrogen-bond acceptors (Lipinski definition) is 7. The molecule has 226 valence electrons. The highest BCUT2D eigenvalue weighted by atomic mass is 19.1. The van der Waals surface area contributed by atoms with Crippen LogP contribution in [0.5, 0.6) is 5.75 Å². The Morgan fingerprint density at radius 3 is 2.09 bits per heavy atom. The summed E-state index contributed by atoms with van der Waals surface area (Å²) in [4.78, 5) is 45.6. The first-order valence-corrected chi connectivity index (χ1v) is 14.6. The second-order valence-electron chi connectivity index (χ2n) is 10.8. The van der Waals surface area contributed by atoms with Gasteiger partial charge in [0.1, 0.15) is 17.1 Å². The van der Waals surface area contributed by atoms with Crippen LogP contribution in [0, 0.1) is 15.9 Å². The molecule has 0 unspecified atom stereocenters. The fraction of sp³-hybridized carbons (Fsp3) is 0.375. The van der Waals surface area contributed by atoms with Gasteiger partial charge in [-0.15, -0.1) is 0 Å². The van der Waals surface area contributed by atoms with Crippen LogP contribution in [0.1, 0.15) is 39.6 Å². The number of nitro groups is 1. The van der Waals surface area contributed by atoms with Crippen LogP contribution in [-0.2, 0) is 6.54 Å². The van der Waals surface area contributed by atoms with E-state index in [0.29, 0.717) is 76.8 Å². The van der Waals surface area contributed by atoms with Crippen molar-refractivity contribution in [3.63, 3.8) is 0 Å². The number of rotatable bonds is 9. The van der Waals surface area contributed by atoms with Crippen LogP contribution in [0.25, 0.3) is 0 Å². The maximum Gasteiger partial charge on any atom is 0.282 e. The molecule has 0 saturated carbocycles. The predicted molar refractivity (Wildman–Crippen MR) is 161 cm³/mol. The van der Waals surface area contributed by atoms with E-state index in [0.717, 1.165) is 17.7 Å². The molecule has 2 fully saturated rings. The molecule has 2 saturated heterocycles. The van der Waals surface area contributed by atoms with Gasteiger partial charge >= 0.3 is 0 Å². The molecular formula is C32H36FN5O5. The third-order valence-electron chi connectivity index (χ3n) is 7.89. The lowest BCUT2D eigenvalue weighted by Gasteiger charge is -2.37. The van der Waals surface area contributed by atoms with Crippen LogP contribution in [0.2, 0.25) is 0 Å². The molecule has 43 heavy (non-hydrogen) atoms. The van der Waals surface area contributed by atoms with Crippen molar-refractivity contribution in [3.05, 3.63) is 99.4 Å². The number of amides is 2. The number of piperazine rings is 2. The van der Waals surface area contributed by atoms with Gasteiger partial charge in [-0.3, -0.25) is 24.6 Å². The molecule has 0 bridgehead atoms. The molecule has 0 N–H and O–H groups in total. The first kappa shape index (κ1) is 30.0. The van der Waals surface area contributed by atoms with Gasteiger partial charge in [-0.05, 0) is 60.5 Å². The summed E-state index contributed by atoms with van der Waals surface area (Å²) in [7, 11) is 0. The zero-order chi connectivity index (χ0) is 30.3. The zero-order valence-corrected chi connectivity index (χ0v) is 24.3. The van der Waals surface area contributed by atoms with Gasteiger partial charge in [0.15, 0.2) is 0 Å². The summed E-state index contributed by atoms with van der Waals surface area (Å²) in [6.45, 7) is 7.46. The Kier molecular flexibility index (Phi) is 9.51. The van der Waals surface area contributed by atoms with Crippen LogP contribution < -0.4 is 9.64 Å². The summed E-state index contributed by atoms with van der Waals surface area (Å²) in [6.07, 6.45) is 0.909. The highest BCUT2D eigenvalue weighted by molar-refractivity contribution is 5.99. The minimum Gasteiger partial charge on any atom is -0.494 e. The summed E-state index contributed by atoms with van der Waals surface area (Å²) in [5, 5.41) is 11.8. The number of halogens is 1. The van der Waals surface area contributed by atoms with Crippen molar-refractivity contribution < 1.29 is 23.6 Å². The van der Waals surface area contributed by atoms with Crippen molar-refractivity contribution in [2.24, 2.45) is 0 Å². The molecule has 2 aliphatic heterocycles. The molecule has 3 aromatic carbocycles. The Hall–Kier alpha value is -4.51. The standard InChI is InChI=1S/C32H36FN5O5/c1-2-21-43-28-10-5-25(6-11-28)31(39)36-19-17-35(18-20-36)27-9-12-30(38(41)42)29(22-27)32(40)37-15-13-34(14-16-37)23-24-3-7-26(33)8-4-24/h3-12,22H,2,13-21,23H2,1H3. The van der Waals surface area contributed by atoms with E-state index >= 15 is 0 Å². The number of hydrogen-bond donors (Lipinski definition) is 0. The minimum atomic E-state index is -0.517. The molecule has 0 aromatic heterocycles. The van der Waals surface area contributed by atoms with E-state index in [4.69, 9.17) is 4.74 Å². The average Bonchev–Trinajstić information content (AvgIpc) is 3.04. The molecule has 0 atom stereocenters. The maximum absolute atomic E-state index is 13.5. The molecule has 11 heteroatoms. The third-order valence-corrected chi connectivity index (χ3v) is 7.89. The van der Waals surface area contributed by atoms with Crippen molar-refractivity contribution >= 4 is 23.2 Å². The Bertz CT molecular complexity index is 1430. The Labute approximate surface area is 250 Å². The Morgan fingerprint density at radius 2 is 1.47 bits per heavy atom. The number of carbonyl (C=O) groups is 2. The molecule has 0 spiro atoms. The first-order valence-electron chi connectivity index (χ1n) is 14.6. The fourth-order valence-corrected chi connectivity index (χ4v) is 5.44.